The van der Waals surface area contributed by atoms with Crippen molar-refractivity contribution < 1.29 is 14.3 Å². The van der Waals surface area contributed by atoms with Gasteiger partial charge in [0, 0.05) is 31.2 Å². The van der Waals surface area contributed by atoms with Gasteiger partial charge in [-0.15, -0.1) is 0 Å². The van der Waals surface area contributed by atoms with Crippen molar-refractivity contribution in [3.63, 3.8) is 0 Å². The molecular weight excluding hydrogens is 322 g/mol. The van der Waals surface area contributed by atoms with Gasteiger partial charge in [-0.25, -0.2) is 0 Å². The van der Waals surface area contributed by atoms with Crippen LogP contribution in [0.5, 0.6) is 0 Å². The normalized spacial score (nSPS) is 10.7. The van der Waals surface area contributed by atoms with Gasteiger partial charge in [-0.2, -0.15) is 5.10 Å². The molecule has 3 N–H and O–H groups in total. The smallest absolute Gasteiger partial charge is 0.273 e. The van der Waals surface area contributed by atoms with Crippen LogP contribution in [0, 0.1) is 6.92 Å². The standard InChI is InChI=1S/C17H23N5O3/c1-11(2)25-8-4-7-18-17(24)15-14(10-20-22-15)21-16(23)13-6-5-12(3)19-9-13/h5-6,9-11H,4,7-8H2,1-3H3,(H,18,24)(H,20,22)(H,21,23). The van der Waals surface area contributed by atoms with Crippen LogP contribution >= 0.6 is 0 Å². The van der Waals surface area contributed by atoms with Gasteiger partial charge in [0.25, 0.3) is 11.8 Å². The summed E-state index contributed by atoms with van der Waals surface area (Å²) in [4.78, 5) is 28.5. The predicted octanol–water partition coefficient (Wildman–Crippen LogP) is 1.91. The molecule has 0 fully saturated rings. The highest BCUT2D eigenvalue weighted by Gasteiger charge is 2.17. The van der Waals surface area contributed by atoms with E-state index < -0.39 is 0 Å². The summed E-state index contributed by atoms with van der Waals surface area (Å²) in [6.45, 7) is 6.80. The number of nitrogens with one attached hydrogen (secondary N) is 3. The van der Waals surface area contributed by atoms with E-state index in [1.54, 1.807) is 12.1 Å². The third-order valence-corrected chi connectivity index (χ3v) is 3.34. The predicted molar refractivity (Wildman–Crippen MR) is 93.6 cm³/mol. The number of ether oxygens (including phenoxy) is 1. The fourth-order valence-electron chi connectivity index (χ4n) is 2.03. The van der Waals surface area contributed by atoms with Crippen LogP contribution in [0.1, 0.15) is 46.8 Å². The molecule has 134 valence electrons. The maximum Gasteiger partial charge on any atom is 0.273 e. The van der Waals surface area contributed by atoms with Crippen molar-refractivity contribution in [2.24, 2.45) is 0 Å². The van der Waals surface area contributed by atoms with E-state index in [2.05, 4.69) is 25.8 Å². The number of carbonyl (C=O) groups excluding carboxylic acids is 2. The van der Waals surface area contributed by atoms with Crippen molar-refractivity contribution in [2.45, 2.75) is 33.3 Å². The average Bonchev–Trinajstić information content (AvgIpc) is 3.02. The molecule has 0 atom stereocenters. The largest absolute Gasteiger partial charge is 0.379 e. The Labute approximate surface area is 146 Å². The number of nitrogens with zero attached hydrogens (tertiary/aromatic N) is 2. The van der Waals surface area contributed by atoms with Gasteiger partial charge < -0.3 is 15.4 Å². The number of amides is 2. The second-order valence-corrected chi connectivity index (χ2v) is 5.82. The van der Waals surface area contributed by atoms with Crippen LogP contribution in [0.4, 0.5) is 5.69 Å². The third-order valence-electron chi connectivity index (χ3n) is 3.34. The topological polar surface area (TPSA) is 109 Å². The lowest BCUT2D eigenvalue weighted by atomic mass is 10.2. The number of hydrogen-bond acceptors (Lipinski definition) is 5. The molecule has 0 aliphatic rings. The number of aromatic amines is 1. The monoisotopic (exact) mass is 345 g/mol. The van der Waals surface area contributed by atoms with E-state index in [1.165, 1.54) is 12.4 Å². The lowest BCUT2D eigenvalue weighted by Crippen LogP contribution is -2.27. The molecule has 0 saturated heterocycles. The summed E-state index contributed by atoms with van der Waals surface area (Å²) in [7, 11) is 0. The van der Waals surface area contributed by atoms with Crippen LogP contribution in [0.15, 0.2) is 24.5 Å². The minimum absolute atomic E-state index is 0.137. The van der Waals surface area contributed by atoms with Crippen molar-refractivity contribution in [1.29, 1.82) is 0 Å². The Balaban J connectivity index is 1.89. The molecule has 0 aliphatic heterocycles. The Morgan fingerprint density at radius 1 is 1.28 bits per heavy atom. The second-order valence-electron chi connectivity index (χ2n) is 5.82. The van der Waals surface area contributed by atoms with E-state index >= 15 is 0 Å². The molecule has 0 spiro atoms. The summed E-state index contributed by atoms with van der Waals surface area (Å²) >= 11 is 0. The van der Waals surface area contributed by atoms with E-state index in [1.807, 2.05) is 20.8 Å². The lowest BCUT2D eigenvalue weighted by molar-refractivity contribution is 0.0756. The Hall–Kier alpha value is -2.74. The quantitative estimate of drug-likeness (QED) is 0.633. The first kappa shape index (κ1) is 18.6. The highest BCUT2D eigenvalue weighted by Crippen LogP contribution is 2.13. The Bertz CT molecular complexity index is 709. The minimum atomic E-state index is -0.358. The SMILES string of the molecule is Cc1ccc(C(=O)Nc2c[nH]nc2C(=O)NCCCOC(C)C)cn1. The van der Waals surface area contributed by atoms with E-state index in [-0.39, 0.29) is 23.6 Å². The van der Waals surface area contributed by atoms with Gasteiger partial charge in [-0.05, 0) is 39.3 Å². The average molecular weight is 345 g/mol. The van der Waals surface area contributed by atoms with Crippen molar-refractivity contribution in [3.05, 3.63) is 41.5 Å². The molecule has 0 bridgehead atoms. The molecule has 2 aromatic heterocycles. The van der Waals surface area contributed by atoms with Crippen LogP contribution in [0.2, 0.25) is 0 Å². The van der Waals surface area contributed by atoms with E-state index in [0.29, 0.717) is 30.8 Å². The number of aromatic nitrogens is 3. The van der Waals surface area contributed by atoms with Crippen molar-refractivity contribution >= 4 is 17.5 Å². The van der Waals surface area contributed by atoms with Gasteiger partial charge in [-0.1, -0.05) is 0 Å². The first-order valence-corrected chi connectivity index (χ1v) is 8.15. The van der Waals surface area contributed by atoms with Crippen molar-refractivity contribution in [3.8, 4) is 0 Å². The van der Waals surface area contributed by atoms with E-state index in [9.17, 15) is 9.59 Å². The Kier molecular flexibility index (Phi) is 6.64. The molecular formula is C17H23N5O3. The summed E-state index contributed by atoms with van der Waals surface area (Å²) in [6, 6.07) is 3.42. The number of aryl methyl sites for hydroxylation is 1. The summed E-state index contributed by atoms with van der Waals surface area (Å²) in [5, 5.41) is 11.9. The molecule has 0 unspecified atom stereocenters. The Morgan fingerprint density at radius 2 is 2.08 bits per heavy atom. The zero-order chi connectivity index (χ0) is 18.2. The van der Waals surface area contributed by atoms with Crippen LogP contribution in [0.25, 0.3) is 0 Å². The fraction of sp³-hybridized carbons (Fsp3) is 0.412. The minimum Gasteiger partial charge on any atom is -0.379 e. The van der Waals surface area contributed by atoms with E-state index in [0.717, 1.165) is 5.69 Å². The van der Waals surface area contributed by atoms with Gasteiger partial charge in [0.1, 0.15) is 0 Å². The summed E-state index contributed by atoms with van der Waals surface area (Å²) in [5.74, 6) is -0.712. The highest BCUT2D eigenvalue weighted by atomic mass is 16.5. The van der Waals surface area contributed by atoms with Crippen LogP contribution < -0.4 is 10.6 Å². The first-order valence-electron chi connectivity index (χ1n) is 8.15. The maximum absolute atomic E-state index is 12.2. The maximum atomic E-state index is 12.2. The number of pyridine rings is 1. The van der Waals surface area contributed by atoms with Gasteiger partial charge >= 0.3 is 0 Å². The van der Waals surface area contributed by atoms with Gasteiger partial charge in [0.2, 0.25) is 0 Å². The molecule has 2 aromatic rings. The molecule has 0 radical (unpaired) electrons. The van der Waals surface area contributed by atoms with E-state index in [4.69, 9.17) is 4.74 Å². The zero-order valence-corrected chi connectivity index (χ0v) is 14.6. The Morgan fingerprint density at radius 3 is 2.76 bits per heavy atom. The number of hydrogen-bond donors (Lipinski definition) is 3. The number of anilines is 1. The van der Waals surface area contributed by atoms with Gasteiger partial charge in [0.05, 0.1) is 17.4 Å². The van der Waals surface area contributed by atoms with Gasteiger partial charge in [-0.3, -0.25) is 19.7 Å². The molecule has 0 aromatic carbocycles. The lowest BCUT2D eigenvalue weighted by Gasteiger charge is -2.08. The molecule has 2 amide bonds. The summed E-state index contributed by atoms with van der Waals surface area (Å²) in [5.41, 5.74) is 1.69. The fourth-order valence-corrected chi connectivity index (χ4v) is 2.03. The molecule has 8 nitrogen and oxygen atoms in total. The second kappa shape index (κ2) is 8.93. The first-order chi connectivity index (χ1) is 12.0. The highest BCUT2D eigenvalue weighted by molar-refractivity contribution is 6.08. The van der Waals surface area contributed by atoms with Crippen molar-refractivity contribution in [2.75, 3.05) is 18.5 Å². The number of H-pyrrole nitrogens is 1. The number of carbonyl (C=O) groups is 2. The molecule has 25 heavy (non-hydrogen) atoms. The zero-order valence-electron chi connectivity index (χ0n) is 14.6. The molecule has 2 heterocycles. The molecule has 0 saturated carbocycles. The summed E-state index contributed by atoms with van der Waals surface area (Å²) in [6.07, 6.45) is 3.82. The van der Waals surface area contributed by atoms with Crippen LogP contribution in [-0.2, 0) is 4.74 Å². The number of rotatable bonds is 8. The van der Waals surface area contributed by atoms with Crippen LogP contribution in [0.3, 0.4) is 0 Å². The summed E-state index contributed by atoms with van der Waals surface area (Å²) < 4.78 is 5.41. The van der Waals surface area contributed by atoms with Crippen molar-refractivity contribution in [1.82, 2.24) is 20.5 Å². The molecule has 8 heteroatoms. The molecule has 0 aliphatic carbocycles. The molecule has 2 rings (SSSR count). The van der Waals surface area contributed by atoms with Gasteiger partial charge in [0.15, 0.2) is 5.69 Å². The van der Waals surface area contributed by atoms with Crippen LogP contribution in [-0.4, -0.2) is 46.3 Å². The third kappa shape index (κ3) is 5.68.